The molecule has 0 bridgehead atoms. The number of nitrogens with one attached hydrogen (secondary N) is 1. The third-order valence-corrected chi connectivity index (χ3v) is 5.21. The summed E-state index contributed by atoms with van der Waals surface area (Å²) in [7, 11) is 0. The van der Waals surface area contributed by atoms with E-state index in [-0.39, 0.29) is 17.9 Å². The predicted molar refractivity (Wildman–Crippen MR) is 109 cm³/mol. The Morgan fingerprint density at radius 1 is 1.20 bits per heavy atom. The maximum absolute atomic E-state index is 14.0. The summed E-state index contributed by atoms with van der Waals surface area (Å²) in [4.78, 5) is 34.0. The largest absolute Gasteiger partial charge is 0.507 e. The van der Waals surface area contributed by atoms with E-state index in [4.69, 9.17) is 0 Å². The number of aryl methyl sites for hydroxylation is 1. The van der Waals surface area contributed by atoms with Crippen molar-refractivity contribution < 1.29 is 19.1 Å². The van der Waals surface area contributed by atoms with Crippen LogP contribution in [-0.2, 0) is 16.0 Å². The molecule has 152 valence electrons. The van der Waals surface area contributed by atoms with Gasteiger partial charge >= 0.3 is 0 Å². The van der Waals surface area contributed by atoms with Crippen molar-refractivity contribution in [2.75, 3.05) is 6.54 Å². The van der Waals surface area contributed by atoms with Crippen LogP contribution in [0, 0.1) is 12.7 Å². The summed E-state index contributed by atoms with van der Waals surface area (Å²) in [5.74, 6) is -2.27. The standard InChI is InChI=1S/C23H20FN3O3/c1-14-5-7-15(8-6-14)21(28)19-20(16-3-2-4-17(24)11-16)27(23(30)22(19)29)10-9-18-12-25-13-26-18/h2-8,11-13,20,28H,9-10H2,1H3,(H,25,26)/b21-19-. The number of rotatable bonds is 5. The summed E-state index contributed by atoms with van der Waals surface area (Å²) in [6.45, 7) is 2.11. The smallest absolute Gasteiger partial charge is 0.295 e. The number of aliphatic hydroxyl groups excluding tert-OH is 1. The Morgan fingerprint density at radius 2 is 1.97 bits per heavy atom. The molecule has 7 heteroatoms. The van der Waals surface area contributed by atoms with Gasteiger partial charge in [0, 0.05) is 30.4 Å². The second kappa shape index (κ2) is 7.94. The number of halogens is 1. The number of Topliss-reactive ketones (excluding diaryl/α,β-unsaturated/α-hetero) is 1. The Balaban J connectivity index is 1.80. The van der Waals surface area contributed by atoms with E-state index in [1.807, 2.05) is 6.92 Å². The molecule has 1 amide bonds. The van der Waals surface area contributed by atoms with E-state index in [2.05, 4.69) is 9.97 Å². The average Bonchev–Trinajstić information content (AvgIpc) is 3.34. The van der Waals surface area contributed by atoms with Crippen LogP contribution in [0.2, 0.25) is 0 Å². The molecule has 2 aromatic carbocycles. The summed E-state index contributed by atoms with van der Waals surface area (Å²) >= 11 is 0. The Morgan fingerprint density at radius 3 is 2.63 bits per heavy atom. The Labute approximate surface area is 172 Å². The van der Waals surface area contributed by atoms with Crippen molar-refractivity contribution in [2.24, 2.45) is 0 Å². The monoisotopic (exact) mass is 405 g/mol. The molecule has 0 aliphatic carbocycles. The lowest BCUT2D eigenvalue weighted by atomic mass is 9.95. The molecular weight excluding hydrogens is 385 g/mol. The molecule has 4 rings (SSSR count). The Bertz CT molecular complexity index is 1120. The van der Waals surface area contributed by atoms with Crippen LogP contribution in [0.15, 0.2) is 66.6 Å². The number of carbonyl (C=O) groups excluding carboxylic acids is 2. The van der Waals surface area contributed by atoms with E-state index in [0.717, 1.165) is 11.3 Å². The van der Waals surface area contributed by atoms with Gasteiger partial charge < -0.3 is 15.0 Å². The van der Waals surface area contributed by atoms with Crippen LogP contribution in [0.3, 0.4) is 0 Å². The highest BCUT2D eigenvalue weighted by atomic mass is 19.1. The van der Waals surface area contributed by atoms with Crippen molar-refractivity contribution >= 4 is 17.4 Å². The van der Waals surface area contributed by atoms with Crippen LogP contribution in [0.25, 0.3) is 5.76 Å². The molecule has 2 heterocycles. The Kier molecular flexibility index (Phi) is 5.18. The number of H-pyrrole nitrogens is 1. The van der Waals surface area contributed by atoms with Gasteiger partial charge in [-0.05, 0) is 24.6 Å². The van der Waals surface area contributed by atoms with Crippen LogP contribution in [0.1, 0.15) is 28.4 Å². The predicted octanol–water partition coefficient (Wildman–Crippen LogP) is 3.52. The van der Waals surface area contributed by atoms with Crippen molar-refractivity contribution in [2.45, 2.75) is 19.4 Å². The summed E-state index contributed by atoms with van der Waals surface area (Å²) in [6, 6.07) is 11.8. The third kappa shape index (κ3) is 3.61. The highest BCUT2D eigenvalue weighted by molar-refractivity contribution is 6.46. The van der Waals surface area contributed by atoms with E-state index >= 15 is 0 Å². The normalized spacial score (nSPS) is 18.2. The molecular formula is C23H20FN3O3. The minimum absolute atomic E-state index is 0.0425. The van der Waals surface area contributed by atoms with Crippen LogP contribution in [0.5, 0.6) is 0 Å². The number of imidazole rings is 1. The summed E-state index contributed by atoms with van der Waals surface area (Å²) in [5.41, 5.74) is 2.60. The lowest BCUT2D eigenvalue weighted by Crippen LogP contribution is -2.31. The first kappa shape index (κ1) is 19.6. The van der Waals surface area contributed by atoms with Gasteiger partial charge in [-0.2, -0.15) is 0 Å². The van der Waals surface area contributed by atoms with E-state index < -0.39 is 23.5 Å². The zero-order valence-electron chi connectivity index (χ0n) is 16.3. The molecule has 0 saturated carbocycles. The minimum Gasteiger partial charge on any atom is -0.507 e. The second-order valence-electron chi connectivity index (χ2n) is 7.24. The number of aromatic amines is 1. The van der Waals surface area contributed by atoms with Crippen molar-refractivity contribution in [3.05, 3.63) is 94.8 Å². The fourth-order valence-electron chi connectivity index (χ4n) is 3.66. The first-order valence-corrected chi connectivity index (χ1v) is 9.54. The Hall–Kier alpha value is -3.74. The van der Waals surface area contributed by atoms with E-state index in [9.17, 15) is 19.1 Å². The third-order valence-electron chi connectivity index (χ3n) is 5.21. The quantitative estimate of drug-likeness (QED) is 0.386. The van der Waals surface area contributed by atoms with Gasteiger partial charge in [0.25, 0.3) is 11.7 Å². The zero-order valence-corrected chi connectivity index (χ0v) is 16.3. The number of benzene rings is 2. The zero-order chi connectivity index (χ0) is 21.3. The molecule has 6 nitrogen and oxygen atoms in total. The lowest BCUT2D eigenvalue weighted by molar-refractivity contribution is -0.139. The van der Waals surface area contributed by atoms with Gasteiger partial charge in [0.15, 0.2) is 0 Å². The fraction of sp³-hybridized carbons (Fsp3) is 0.174. The van der Waals surface area contributed by atoms with E-state index in [0.29, 0.717) is 17.5 Å². The average molecular weight is 405 g/mol. The number of aromatic nitrogens is 2. The van der Waals surface area contributed by atoms with Crippen molar-refractivity contribution in [3.63, 3.8) is 0 Å². The molecule has 1 aromatic heterocycles. The van der Waals surface area contributed by atoms with Gasteiger partial charge in [0.1, 0.15) is 11.6 Å². The molecule has 1 unspecified atom stereocenters. The molecule has 30 heavy (non-hydrogen) atoms. The molecule has 3 aromatic rings. The molecule has 1 saturated heterocycles. The van der Waals surface area contributed by atoms with Crippen molar-refractivity contribution in [1.29, 1.82) is 0 Å². The van der Waals surface area contributed by atoms with Crippen LogP contribution < -0.4 is 0 Å². The van der Waals surface area contributed by atoms with E-state index in [1.54, 1.807) is 36.5 Å². The van der Waals surface area contributed by atoms with Crippen LogP contribution in [0.4, 0.5) is 4.39 Å². The number of hydrogen-bond acceptors (Lipinski definition) is 4. The highest BCUT2D eigenvalue weighted by Crippen LogP contribution is 2.39. The maximum Gasteiger partial charge on any atom is 0.295 e. The maximum atomic E-state index is 14.0. The first-order chi connectivity index (χ1) is 14.5. The van der Waals surface area contributed by atoms with E-state index in [1.165, 1.54) is 29.4 Å². The summed E-state index contributed by atoms with van der Waals surface area (Å²) < 4.78 is 14.0. The highest BCUT2D eigenvalue weighted by Gasteiger charge is 2.45. The van der Waals surface area contributed by atoms with Gasteiger partial charge in [0.05, 0.1) is 17.9 Å². The molecule has 0 radical (unpaired) electrons. The van der Waals surface area contributed by atoms with Gasteiger partial charge in [-0.25, -0.2) is 9.37 Å². The minimum atomic E-state index is -0.884. The molecule has 1 fully saturated rings. The van der Waals surface area contributed by atoms with Gasteiger partial charge in [-0.1, -0.05) is 42.0 Å². The van der Waals surface area contributed by atoms with Crippen molar-refractivity contribution in [3.8, 4) is 0 Å². The number of amides is 1. The number of ketones is 1. The molecule has 2 N–H and O–H groups in total. The number of nitrogens with zero attached hydrogens (tertiary/aromatic N) is 2. The van der Waals surface area contributed by atoms with Gasteiger partial charge in [0.2, 0.25) is 0 Å². The summed E-state index contributed by atoms with van der Waals surface area (Å²) in [6.07, 6.45) is 3.61. The number of hydrogen-bond donors (Lipinski definition) is 2. The molecule has 0 spiro atoms. The lowest BCUT2D eigenvalue weighted by Gasteiger charge is -2.25. The first-order valence-electron chi connectivity index (χ1n) is 9.54. The van der Waals surface area contributed by atoms with Crippen LogP contribution in [-0.4, -0.2) is 38.2 Å². The van der Waals surface area contributed by atoms with Crippen molar-refractivity contribution in [1.82, 2.24) is 14.9 Å². The van der Waals surface area contributed by atoms with Crippen LogP contribution >= 0.6 is 0 Å². The molecule has 1 aliphatic rings. The number of aliphatic hydroxyl groups is 1. The number of likely N-dealkylation sites (tertiary alicyclic amines) is 1. The molecule has 1 atom stereocenters. The van der Waals surface area contributed by atoms with Gasteiger partial charge in [-0.3, -0.25) is 9.59 Å². The fourth-order valence-corrected chi connectivity index (χ4v) is 3.66. The van der Waals surface area contributed by atoms with Gasteiger partial charge in [-0.15, -0.1) is 0 Å². The topological polar surface area (TPSA) is 86.3 Å². The molecule has 1 aliphatic heterocycles. The number of carbonyl (C=O) groups is 2. The summed E-state index contributed by atoms with van der Waals surface area (Å²) in [5, 5.41) is 10.9. The SMILES string of the molecule is Cc1ccc(/C(O)=C2/C(=O)C(=O)N(CCc3cnc[nH]3)C2c2cccc(F)c2)cc1. The second-order valence-corrected chi connectivity index (χ2v) is 7.24.